The second-order valence-electron chi connectivity index (χ2n) is 6.87. The molecule has 3 aromatic rings. The molecule has 1 aliphatic carbocycles. The number of nitrogens with zero attached hydrogens (tertiary/aromatic N) is 1. The Labute approximate surface area is 147 Å². The molecule has 0 unspecified atom stereocenters. The molecular weight excluding hydrogens is 312 g/mol. The molecule has 128 valence electrons. The highest BCUT2D eigenvalue weighted by atomic mass is 16.5. The van der Waals surface area contributed by atoms with Crippen LogP contribution in [-0.2, 0) is 13.0 Å². The van der Waals surface area contributed by atoms with Gasteiger partial charge in [0.15, 0.2) is 0 Å². The predicted molar refractivity (Wildman–Crippen MR) is 98.7 cm³/mol. The van der Waals surface area contributed by atoms with Crippen molar-refractivity contribution in [3.8, 4) is 17.2 Å². The number of aryl methyl sites for hydroxylation is 1. The van der Waals surface area contributed by atoms with Crippen LogP contribution in [0.3, 0.4) is 0 Å². The fourth-order valence-corrected chi connectivity index (χ4v) is 4.34. The molecule has 0 saturated heterocycles. The van der Waals surface area contributed by atoms with Gasteiger partial charge in [-0.2, -0.15) is 0 Å². The molecule has 1 N–H and O–H groups in total. The lowest BCUT2D eigenvalue weighted by Crippen LogP contribution is -2.35. The Morgan fingerprint density at radius 2 is 1.84 bits per heavy atom. The first kappa shape index (κ1) is 14.8. The molecule has 0 bridgehead atoms. The summed E-state index contributed by atoms with van der Waals surface area (Å²) in [5, 5.41) is 5.04. The molecule has 25 heavy (non-hydrogen) atoms. The third kappa shape index (κ3) is 2.40. The summed E-state index contributed by atoms with van der Waals surface area (Å²) in [5.41, 5.74) is 4.37. The highest BCUT2D eigenvalue weighted by Gasteiger charge is 2.29. The van der Waals surface area contributed by atoms with E-state index in [9.17, 15) is 0 Å². The molecule has 0 amide bonds. The first-order valence-electron chi connectivity index (χ1n) is 9.04. The highest BCUT2D eigenvalue weighted by Crippen LogP contribution is 2.40. The van der Waals surface area contributed by atoms with Gasteiger partial charge in [0.05, 0.1) is 7.11 Å². The summed E-state index contributed by atoms with van der Waals surface area (Å²) in [7, 11) is 1.67. The molecule has 4 nitrogen and oxygen atoms in total. The van der Waals surface area contributed by atoms with Crippen LogP contribution in [0.1, 0.15) is 30.1 Å². The van der Waals surface area contributed by atoms with Gasteiger partial charge in [0.1, 0.15) is 17.2 Å². The number of methoxy groups -OCH3 is 1. The van der Waals surface area contributed by atoms with Gasteiger partial charge in [-0.1, -0.05) is 0 Å². The molecule has 2 heterocycles. The molecule has 0 spiro atoms. The third-order valence-corrected chi connectivity index (χ3v) is 5.45. The number of rotatable bonds is 3. The van der Waals surface area contributed by atoms with Crippen LogP contribution in [0.25, 0.3) is 10.9 Å². The smallest absolute Gasteiger partial charge is 0.128 e. The van der Waals surface area contributed by atoms with Crippen molar-refractivity contribution in [2.45, 2.75) is 31.8 Å². The first-order valence-corrected chi connectivity index (χ1v) is 9.04. The van der Waals surface area contributed by atoms with Crippen LogP contribution in [0.15, 0.2) is 42.5 Å². The minimum absolute atomic E-state index is 0.524. The Bertz CT molecular complexity index is 925. The van der Waals surface area contributed by atoms with Crippen molar-refractivity contribution < 1.29 is 9.47 Å². The quantitative estimate of drug-likeness (QED) is 0.770. The number of fused-ring (bicyclic) bond motifs is 3. The molecule has 4 heteroatoms. The Kier molecular flexibility index (Phi) is 3.45. The average molecular weight is 334 g/mol. The van der Waals surface area contributed by atoms with Crippen LogP contribution in [-0.4, -0.2) is 18.2 Å². The number of nitrogens with one attached hydrogen (secondary N) is 1. The SMILES string of the molecule is COc1ccc(Oc2ccc3c(c2)c2c4n3CCN[C@@H]4CCC2)cc1. The second-order valence-corrected chi connectivity index (χ2v) is 6.87. The van der Waals surface area contributed by atoms with Crippen LogP contribution >= 0.6 is 0 Å². The molecule has 5 rings (SSSR count). The van der Waals surface area contributed by atoms with Gasteiger partial charge in [0.2, 0.25) is 0 Å². The number of ether oxygens (including phenoxy) is 2. The van der Waals surface area contributed by atoms with Gasteiger partial charge in [-0.3, -0.25) is 0 Å². The van der Waals surface area contributed by atoms with Gasteiger partial charge in [-0.15, -0.1) is 0 Å². The standard InChI is InChI=1S/C21H22N2O2/c1-24-14-5-7-15(8-6-14)25-16-9-10-20-18(13-16)17-3-2-4-19-21(17)23(20)12-11-22-19/h5-10,13,19,22H,2-4,11-12H2,1H3/t19-/m1/s1. The minimum atomic E-state index is 0.524. The lowest BCUT2D eigenvalue weighted by Gasteiger charge is -2.31. The number of benzene rings is 2. The molecular formula is C21H22N2O2. The average Bonchev–Trinajstić information content (AvgIpc) is 2.98. The van der Waals surface area contributed by atoms with E-state index in [1.54, 1.807) is 7.11 Å². The summed E-state index contributed by atoms with van der Waals surface area (Å²) >= 11 is 0. The summed E-state index contributed by atoms with van der Waals surface area (Å²) in [6.07, 6.45) is 3.68. The van der Waals surface area contributed by atoms with Crippen LogP contribution in [0, 0.1) is 0 Å². The molecule has 0 saturated carbocycles. The van der Waals surface area contributed by atoms with E-state index in [0.29, 0.717) is 6.04 Å². The van der Waals surface area contributed by atoms with Crippen LogP contribution in [0.4, 0.5) is 0 Å². The topological polar surface area (TPSA) is 35.4 Å². The van der Waals surface area contributed by atoms with Gasteiger partial charge in [-0.05, 0) is 67.3 Å². The van der Waals surface area contributed by atoms with E-state index >= 15 is 0 Å². The molecule has 0 fully saturated rings. The van der Waals surface area contributed by atoms with Gasteiger partial charge in [-0.25, -0.2) is 0 Å². The Morgan fingerprint density at radius 3 is 2.68 bits per heavy atom. The largest absolute Gasteiger partial charge is 0.497 e. The first-order chi connectivity index (χ1) is 12.3. The van der Waals surface area contributed by atoms with Crippen molar-refractivity contribution >= 4 is 10.9 Å². The summed E-state index contributed by atoms with van der Waals surface area (Å²) in [6, 6.07) is 14.8. The fraction of sp³-hybridized carbons (Fsp3) is 0.333. The van der Waals surface area contributed by atoms with E-state index < -0.39 is 0 Å². The maximum absolute atomic E-state index is 6.08. The van der Waals surface area contributed by atoms with Gasteiger partial charge in [0.25, 0.3) is 0 Å². The lowest BCUT2D eigenvalue weighted by molar-refractivity contribution is 0.384. The summed E-state index contributed by atoms with van der Waals surface area (Å²) < 4.78 is 13.8. The zero-order valence-electron chi connectivity index (χ0n) is 14.4. The van der Waals surface area contributed by atoms with Gasteiger partial charge < -0.3 is 19.4 Å². The monoisotopic (exact) mass is 334 g/mol. The zero-order chi connectivity index (χ0) is 16.8. The van der Waals surface area contributed by atoms with Crippen molar-refractivity contribution in [2.24, 2.45) is 0 Å². The normalized spacial score (nSPS) is 18.8. The molecule has 1 atom stereocenters. The van der Waals surface area contributed by atoms with Gasteiger partial charge >= 0.3 is 0 Å². The Balaban J connectivity index is 1.55. The Morgan fingerprint density at radius 1 is 1.04 bits per heavy atom. The van der Waals surface area contributed by atoms with E-state index in [4.69, 9.17) is 9.47 Å². The molecule has 0 radical (unpaired) electrons. The van der Waals surface area contributed by atoms with E-state index in [2.05, 4.69) is 28.1 Å². The van der Waals surface area contributed by atoms with Crippen LogP contribution in [0.2, 0.25) is 0 Å². The summed E-state index contributed by atoms with van der Waals surface area (Å²) in [4.78, 5) is 0. The highest BCUT2D eigenvalue weighted by molar-refractivity contribution is 5.87. The molecule has 2 aromatic carbocycles. The van der Waals surface area contributed by atoms with Gasteiger partial charge in [0, 0.05) is 35.7 Å². The van der Waals surface area contributed by atoms with E-state index in [1.807, 2.05) is 24.3 Å². The molecule has 1 aromatic heterocycles. The lowest BCUT2D eigenvalue weighted by atomic mass is 9.91. The minimum Gasteiger partial charge on any atom is -0.497 e. The van der Waals surface area contributed by atoms with Crippen molar-refractivity contribution in [3.05, 3.63) is 53.7 Å². The third-order valence-electron chi connectivity index (χ3n) is 5.45. The fourth-order valence-electron chi connectivity index (χ4n) is 4.34. The maximum Gasteiger partial charge on any atom is 0.128 e. The van der Waals surface area contributed by atoms with E-state index in [-0.39, 0.29) is 0 Å². The predicted octanol–water partition coefficient (Wildman–Crippen LogP) is 4.42. The van der Waals surface area contributed by atoms with Crippen molar-refractivity contribution in [2.75, 3.05) is 13.7 Å². The summed E-state index contributed by atoms with van der Waals surface area (Å²) in [5.74, 6) is 2.56. The van der Waals surface area contributed by atoms with Crippen molar-refractivity contribution in [1.29, 1.82) is 0 Å². The summed E-state index contributed by atoms with van der Waals surface area (Å²) in [6.45, 7) is 2.12. The van der Waals surface area contributed by atoms with Crippen molar-refractivity contribution in [3.63, 3.8) is 0 Å². The second kappa shape index (κ2) is 5.81. The van der Waals surface area contributed by atoms with Crippen LogP contribution < -0.4 is 14.8 Å². The number of aromatic nitrogens is 1. The van der Waals surface area contributed by atoms with Crippen molar-refractivity contribution in [1.82, 2.24) is 9.88 Å². The van der Waals surface area contributed by atoms with Crippen LogP contribution in [0.5, 0.6) is 17.2 Å². The molecule has 2 aliphatic rings. The zero-order valence-corrected chi connectivity index (χ0v) is 14.4. The maximum atomic E-state index is 6.08. The van der Waals surface area contributed by atoms with E-state index in [0.717, 1.165) is 30.3 Å². The molecule has 1 aliphatic heterocycles. The van der Waals surface area contributed by atoms with E-state index in [1.165, 1.54) is 41.4 Å². The number of hydrogen-bond acceptors (Lipinski definition) is 3. The Hall–Kier alpha value is -2.46. The number of hydrogen-bond donors (Lipinski definition) is 1.